The number of carbonyl (C=O) groups excluding carboxylic acids is 1. The number of aliphatic hydroxyl groups excluding tert-OH is 2. The number of anilines is 1. The summed E-state index contributed by atoms with van der Waals surface area (Å²) in [5, 5.41) is 24.9. The maximum atomic E-state index is 13.7. The van der Waals surface area contributed by atoms with Crippen LogP contribution in [0, 0.1) is 11.6 Å². The molecule has 3 rings (SSSR count). The van der Waals surface area contributed by atoms with Crippen LogP contribution in [0.25, 0.3) is 0 Å². The molecular formula is C18H26F2N4O4. The summed E-state index contributed by atoms with van der Waals surface area (Å²) in [7, 11) is 2.02. The second kappa shape index (κ2) is 9.10. The van der Waals surface area contributed by atoms with Crippen molar-refractivity contribution in [1.29, 1.82) is 0 Å². The summed E-state index contributed by atoms with van der Waals surface area (Å²) in [5.41, 5.74) is -0.143. The van der Waals surface area contributed by atoms with Crippen LogP contribution in [0.4, 0.5) is 19.3 Å². The minimum atomic E-state index is -0.877. The average molecular weight is 400 g/mol. The second-order valence-corrected chi connectivity index (χ2v) is 7.18. The molecule has 1 aromatic carbocycles. The van der Waals surface area contributed by atoms with Gasteiger partial charge in [0.1, 0.15) is 23.8 Å². The number of ether oxygens (including phenoxy) is 1. The summed E-state index contributed by atoms with van der Waals surface area (Å²) in [6.45, 7) is 2.91. The summed E-state index contributed by atoms with van der Waals surface area (Å²) in [5.74, 6) is -1.61. The molecule has 156 valence electrons. The molecule has 8 nitrogen and oxygen atoms in total. The van der Waals surface area contributed by atoms with Crippen molar-refractivity contribution < 1.29 is 28.5 Å². The number of benzene rings is 1. The number of nitrogens with zero attached hydrogens (tertiary/aromatic N) is 2. The van der Waals surface area contributed by atoms with E-state index in [2.05, 4.69) is 20.4 Å². The molecule has 4 atom stereocenters. The van der Waals surface area contributed by atoms with Crippen molar-refractivity contribution in [3.8, 4) is 0 Å². The van der Waals surface area contributed by atoms with E-state index in [0.29, 0.717) is 6.07 Å². The topological polar surface area (TPSA) is 97.3 Å². The van der Waals surface area contributed by atoms with Crippen molar-refractivity contribution >= 4 is 11.7 Å². The molecule has 2 heterocycles. The molecule has 28 heavy (non-hydrogen) atoms. The molecule has 0 aromatic heterocycles. The van der Waals surface area contributed by atoms with Crippen LogP contribution in [0.1, 0.15) is 0 Å². The number of nitrogens with one attached hydrogen (secondary N) is 2. The number of hydrogen-bond acceptors (Lipinski definition) is 6. The van der Waals surface area contributed by atoms with Crippen LogP contribution in [0.2, 0.25) is 0 Å². The number of carbonyl (C=O) groups is 1. The third-order valence-electron chi connectivity index (χ3n) is 5.24. The lowest BCUT2D eigenvalue weighted by molar-refractivity contribution is -0.0205. The summed E-state index contributed by atoms with van der Waals surface area (Å²) in [6.07, 6.45) is -2.13. The van der Waals surface area contributed by atoms with Crippen LogP contribution < -0.4 is 10.6 Å². The van der Waals surface area contributed by atoms with Crippen molar-refractivity contribution in [2.24, 2.45) is 0 Å². The van der Waals surface area contributed by atoms with Crippen LogP contribution in [-0.2, 0) is 4.74 Å². The highest BCUT2D eigenvalue weighted by Crippen LogP contribution is 2.26. The fourth-order valence-electron chi connectivity index (χ4n) is 3.67. The molecule has 2 amide bonds. The minimum Gasteiger partial charge on any atom is -0.394 e. The molecule has 0 aliphatic carbocycles. The van der Waals surface area contributed by atoms with Gasteiger partial charge in [-0.25, -0.2) is 13.6 Å². The standard InChI is InChI=1S/C18H26F2N4O4/c1-23-4-6-24(7-5-23)16-14(28-15(10-25)17(16)26)9-21-18(27)22-13-3-2-11(19)8-12(13)20/h2-3,8,14-17,25-26H,4-7,9-10H2,1H3,(H2,21,22,27)/t14-,15+,16+,17-/m1/s1. The summed E-state index contributed by atoms with van der Waals surface area (Å²) >= 11 is 0. The lowest BCUT2D eigenvalue weighted by Gasteiger charge is -2.39. The Labute approximate surface area is 162 Å². The molecule has 10 heteroatoms. The normalized spacial score (nSPS) is 29.0. The Hall–Kier alpha value is -1.85. The van der Waals surface area contributed by atoms with Crippen LogP contribution >= 0.6 is 0 Å². The van der Waals surface area contributed by atoms with Gasteiger partial charge in [-0.1, -0.05) is 0 Å². The van der Waals surface area contributed by atoms with Gasteiger partial charge in [-0.2, -0.15) is 0 Å². The second-order valence-electron chi connectivity index (χ2n) is 7.18. The molecule has 0 unspecified atom stereocenters. The predicted octanol–water partition coefficient (Wildman–Crippen LogP) is -0.177. The zero-order valence-electron chi connectivity index (χ0n) is 15.6. The first-order chi connectivity index (χ1) is 13.4. The minimum absolute atomic E-state index is 0.0687. The van der Waals surface area contributed by atoms with E-state index in [1.165, 1.54) is 0 Å². The highest BCUT2D eigenvalue weighted by Gasteiger charge is 2.46. The van der Waals surface area contributed by atoms with Gasteiger partial charge in [-0.15, -0.1) is 0 Å². The van der Waals surface area contributed by atoms with E-state index in [1.807, 2.05) is 7.05 Å². The lowest BCUT2D eigenvalue weighted by atomic mass is 10.0. The molecule has 2 aliphatic heterocycles. The first-order valence-corrected chi connectivity index (χ1v) is 9.26. The summed E-state index contributed by atoms with van der Waals surface area (Å²) < 4.78 is 32.3. The predicted molar refractivity (Wildman–Crippen MR) is 98.0 cm³/mol. The molecule has 0 bridgehead atoms. The van der Waals surface area contributed by atoms with Crippen molar-refractivity contribution in [3.05, 3.63) is 29.8 Å². The van der Waals surface area contributed by atoms with E-state index in [0.717, 1.165) is 38.3 Å². The highest BCUT2D eigenvalue weighted by molar-refractivity contribution is 5.89. The quantitative estimate of drug-likeness (QED) is 0.548. The SMILES string of the molecule is CN1CCN([C@@H]2[C@H](O)[C@H](CO)O[C@@H]2CNC(=O)Nc2ccc(F)cc2F)CC1. The van der Waals surface area contributed by atoms with Gasteiger partial charge in [0, 0.05) is 38.8 Å². The molecule has 0 saturated carbocycles. The average Bonchev–Trinajstić information content (AvgIpc) is 2.99. The molecule has 2 aliphatic rings. The third kappa shape index (κ3) is 4.76. The van der Waals surface area contributed by atoms with Gasteiger partial charge in [0.05, 0.1) is 24.4 Å². The maximum Gasteiger partial charge on any atom is 0.319 e. The van der Waals surface area contributed by atoms with Gasteiger partial charge < -0.3 is 30.5 Å². The van der Waals surface area contributed by atoms with Gasteiger partial charge in [0.15, 0.2) is 0 Å². The number of amides is 2. The Kier molecular flexibility index (Phi) is 6.78. The number of urea groups is 1. The van der Waals surface area contributed by atoms with Crippen molar-refractivity contribution in [2.45, 2.75) is 24.4 Å². The van der Waals surface area contributed by atoms with Crippen LogP contribution in [0.3, 0.4) is 0 Å². The van der Waals surface area contributed by atoms with Gasteiger partial charge >= 0.3 is 6.03 Å². The molecule has 0 radical (unpaired) electrons. The van der Waals surface area contributed by atoms with Crippen molar-refractivity contribution in [3.63, 3.8) is 0 Å². The number of aliphatic hydroxyl groups is 2. The van der Waals surface area contributed by atoms with Gasteiger partial charge in [-0.3, -0.25) is 4.90 Å². The summed E-state index contributed by atoms with van der Waals surface area (Å²) in [4.78, 5) is 16.4. The smallest absolute Gasteiger partial charge is 0.319 e. The van der Waals surface area contributed by atoms with Gasteiger partial charge in [-0.05, 0) is 19.2 Å². The van der Waals surface area contributed by atoms with Crippen LogP contribution in [0.5, 0.6) is 0 Å². The van der Waals surface area contributed by atoms with E-state index < -0.39 is 36.0 Å². The molecule has 2 fully saturated rings. The fourth-order valence-corrected chi connectivity index (χ4v) is 3.67. The zero-order valence-corrected chi connectivity index (χ0v) is 15.6. The number of halogens is 2. The largest absolute Gasteiger partial charge is 0.394 e. The number of piperazine rings is 1. The third-order valence-corrected chi connectivity index (χ3v) is 5.24. The first-order valence-electron chi connectivity index (χ1n) is 9.26. The number of likely N-dealkylation sites (N-methyl/N-ethyl adjacent to an activating group) is 1. The molecular weight excluding hydrogens is 374 g/mol. The maximum absolute atomic E-state index is 13.7. The van der Waals surface area contributed by atoms with E-state index in [9.17, 15) is 23.8 Å². The van der Waals surface area contributed by atoms with Gasteiger partial charge in [0.25, 0.3) is 0 Å². The molecule has 4 N–H and O–H groups in total. The number of hydrogen-bond donors (Lipinski definition) is 4. The molecule has 1 aromatic rings. The van der Waals surface area contributed by atoms with E-state index in [-0.39, 0.29) is 24.9 Å². The highest BCUT2D eigenvalue weighted by atomic mass is 19.1. The molecule has 0 spiro atoms. The fraction of sp³-hybridized carbons (Fsp3) is 0.611. The Morgan fingerprint density at radius 2 is 1.96 bits per heavy atom. The lowest BCUT2D eigenvalue weighted by Crippen LogP contribution is -2.57. The van der Waals surface area contributed by atoms with Crippen molar-refractivity contribution in [1.82, 2.24) is 15.1 Å². The summed E-state index contributed by atoms with van der Waals surface area (Å²) in [6, 6.07) is 1.82. The number of rotatable bonds is 5. The Bertz CT molecular complexity index is 688. The monoisotopic (exact) mass is 400 g/mol. The van der Waals surface area contributed by atoms with E-state index >= 15 is 0 Å². The van der Waals surface area contributed by atoms with E-state index in [4.69, 9.17) is 4.74 Å². The molecule has 2 saturated heterocycles. The van der Waals surface area contributed by atoms with Crippen LogP contribution in [-0.4, -0.2) is 96.8 Å². The zero-order chi connectivity index (χ0) is 20.3. The van der Waals surface area contributed by atoms with Gasteiger partial charge in [0.2, 0.25) is 0 Å². The Morgan fingerprint density at radius 3 is 2.61 bits per heavy atom. The Balaban J connectivity index is 1.59. The first kappa shape index (κ1) is 20.9. The Morgan fingerprint density at radius 1 is 1.25 bits per heavy atom. The van der Waals surface area contributed by atoms with E-state index in [1.54, 1.807) is 0 Å². The van der Waals surface area contributed by atoms with Crippen LogP contribution in [0.15, 0.2) is 18.2 Å². The van der Waals surface area contributed by atoms with Crippen molar-refractivity contribution in [2.75, 3.05) is 51.7 Å².